The van der Waals surface area contributed by atoms with E-state index in [0.29, 0.717) is 6.54 Å². The van der Waals surface area contributed by atoms with Crippen molar-refractivity contribution in [2.24, 2.45) is 5.73 Å². The highest BCUT2D eigenvalue weighted by Crippen LogP contribution is 1.99. The minimum atomic E-state index is -0.392. The van der Waals surface area contributed by atoms with Crippen LogP contribution < -0.4 is 11.1 Å². The Bertz CT molecular complexity index is 313. The Balaban J connectivity index is 2.29. The predicted molar refractivity (Wildman–Crippen MR) is 63.6 cm³/mol. The Hall–Kier alpha value is -1.42. The number of carbonyl (C=O) groups is 1. The van der Waals surface area contributed by atoms with Gasteiger partial charge in [-0.05, 0) is 18.1 Å². The van der Waals surface area contributed by atoms with Crippen molar-refractivity contribution in [2.75, 3.05) is 0 Å². The van der Waals surface area contributed by atoms with Gasteiger partial charge in [0.15, 0.2) is 0 Å². The topological polar surface area (TPSA) is 68.0 Å². The number of hydrogen-bond acceptors (Lipinski definition) is 3. The monoisotopic (exact) mass is 221 g/mol. The summed E-state index contributed by atoms with van der Waals surface area (Å²) < 4.78 is 0. The molecule has 0 aliphatic rings. The zero-order chi connectivity index (χ0) is 11.8. The summed E-state index contributed by atoms with van der Waals surface area (Å²) in [5.74, 6) is -0.0858. The minimum Gasteiger partial charge on any atom is -0.351 e. The fourth-order valence-corrected chi connectivity index (χ4v) is 1.38. The second-order valence-electron chi connectivity index (χ2n) is 3.83. The van der Waals surface area contributed by atoms with Crippen LogP contribution in [0.15, 0.2) is 24.5 Å². The molecule has 1 aromatic heterocycles. The molecule has 0 saturated carbocycles. The quantitative estimate of drug-likeness (QED) is 0.758. The van der Waals surface area contributed by atoms with Crippen molar-refractivity contribution in [2.45, 2.75) is 38.8 Å². The standard InChI is InChI=1S/C12H19N3O/c1-2-3-6-11(13)12(16)15-9-10-5-4-7-14-8-10/h4-5,7-8,11H,2-3,6,9,13H2,1H3,(H,15,16). The summed E-state index contributed by atoms with van der Waals surface area (Å²) >= 11 is 0. The molecule has 1 rings (SSSR count). The highest BCUT2D eigenvalue weighted by atomic mass is 16.2. The van der Waals surface area contributed by atoms with Gasteiger partial charge in [-0.25, -0.2) is 0 Å². The number of nitrogens with one attached hydrogen (secondary N) is 1. The van der Waals surface area contributed by atoms with Gasteiger partial charge in [0.1, 0.15) is 0 Å². The first-order chi connectivity index (χ1) is 7.74. The maximum absolute atomic E-state index is 11.6. The van der Waals surface area contributed by atoms with Crippen LogP contribution in [-0.2, 0) is 11.3 Å². The van der Waals surface area contributed by atoms with Gasteiger partial charge in [-0.15, -0.1) is 0 Å². The van der Waals surface area contributed by atoms with Gasteiger partial charge in [0.2, 0.25) is 5.91 Å². The van der Waals surface area contributed by atoms with Crippen molar-refractivity contribution in [1.29, 1.82) is 0 Å². The predicted octanol–water partition coefficient (Wildman–Crippen LogP) is 1.22. The number of amides is 1. The van der Waals surface area contributed by atoms with Crippen molar-refractivity contribution in [1.82, 2.24) is 10.3 Å². The molecule has 0 aliphatic carbocycles. The molecule has 3 N–H and O–H groups in total. The minimum absolute atomic E-state index is 0.0858. The molecule has 1 heterocycles. The number of pyridine rings is 1. The third kappa shape index (κ3) is 4.40. The van der Waals surface area contributed by atoms with Crippen molar-refractivity contribution in [3.63, 3.8) is 0 Å². The average Bonchev–Trinajstić information content (AvgIpc) is 2.34. The van der Waals surface area contributed by atoms with Crippen LogP contribution >= 0.6 is 0 Å². The Labute approximate surface area is 96.3 Å². The molecule has 0 aliphatic heterocycles. The lowest BCUT2D eigenvalue weighted by Gasteiger charge is -2.11. The second-order valence-corrected chi connectivity index (χ2v) is 3.83. The first-order valence-corrected chi connectivity index (χ1v) is 5.66. The maximum atomic E-state index is 11.6. The van der Waals surface area contributed by atoms with Crippen LogP contribution in [-0.4, -0.2) is 16.9 Å². The summed E-state index contributed by atoms with van der Waals surface area (Å²) in [6, 6.07) is 3.38. The lowest BCUT2D eigenvalue weighted by molar-refractivity contribution is -0.122. The second kappa shape index (κ2) is 6.95. The van der Waals surface area contributed by atoms with Gasteiger partial charge >= 0.3 is 0 Å². The number of unbranched alkanes of at least 4 members (excludes halogenated alkanes) is 1. The van der Waals surface area contributed by atoms with Crippen LogP contribution in [0, 0.1) is 0 Å². The van der Waals surface area contributed by atoms with Crippen molar-refractivity contribution >= 4 is 5.91 Å². The fourth-order valence-electron chi connectivity index (χ4n) is 1.38. The number of nitrogens with two attached hydrogens (primary N) is 1. The molecule has 1 unspecified atom stereocenters. The SMILES string of the molecule is CCCCC(N)C(=O)NCc1cccnc1. The lowest BCUT2D eigenvalue weighted by Crippen LogP contribution is -2.40. The van der Waals surface area contributed by atoms with Gasteiger partial charge in [0, 0.05) is 18.9 Å². The summed E-state index contributed by atoms with van der Waals surface area (Å²) in [5, 5.41) is 2.80. The van der Waals surface area contributed by atoms with Crippen LogP contribution in [0.3, 0.4) is 0 Å². The molecule has 0 saturated heterocycles. The van der Waals surface area contributed by atoms with Crippen LogP contribution in [0.2, 0.25) is 0 Å². The Morgan fingerprint density at radius 1 is 1.62 bits per heavy atom. The summed E-state index contributed by atoms with van der Waals surface area (Å²) in [6.07, 6.45) is 6.23. The molecule has 4 nitrogen and oxygen atoms in total. The maximum Gasteiger partial charge on any atom is 0.237 e. The Morgan fingerprint density at radius 2 is 2.44 bits per heavy atom. The van der Waals surface area contributed by atoms with Gasteiger partial charge in [-0.1, -0.05) is 25.8 Å². The smallest absolute Gasteiger partial charge is 0.237 e. The molecule has 1 amide bonds. The molecule has 0 fully saturated rings. The molecule has 88 valence electrons. The zero-order valence-corrected chi connectivity index (χ0v) is 9.65. The number of hydrogen-bond donors (Lipinski definition) is 2. The first kappa shape index (κ1) is 12.6. The molecule has 0 bridgehead atoms. The van der Waals surface area contributed by atoms with E-state index in [0.717, 1.165) is 24.8 Å². The summed E-state index contributed by atoms with van der Waals surface area (Å²) in [5.41, 5.74) is 6.72. The number of nitrogens with zero attached hydrogens (tertiary/aromatic N) is 1. The average molecular weight is 221 g/mol. The van der Waals surface area contributed by atoms with E-state index in [-0.39, 0.29) is 5.91 Å². The number of carbonyl (C=O) groups excluding carboxylic acids is 1. The van der Waals surface area contributed by atoms with Gasteiger partial charge in [-0.3, -0.25) is 9.78 Å². The highest BCUT2D eigenvalue weighted by Gasteiger charge is 2.11. The third-order valence-corrected chi connectivity index (χ3v) is 2.39. The molecule has 4 heteroatoms. The van der Waals surface area contributed by atoms with Crippen molar-refractivity contribution in [3.05, 3.63) is 30.1 Å². The number of rotatable bonds is 6. The van der Waals surface area contributed by atoms with Crippen LogP contribution in [0.25, 0.3) is 0 Å². The Morgan fingerprint density at radius 3 is 3.06 bits per heavy atom. The van der Waals surface area contributed by atoms with Crippen LogP contribution in [0.1, 0.15) is 31.7 Å². The van der Waals surface area contributed by atoms with Gasteiger partial charge in [0.25, 0.3) is 0 Å². The lowest BCUT2D eigenvalue weighted by atomic mass is 10.1. The molecule has 0 aromatic carbocycles. The van der Waals surface area contributed by atoms with E-state index in [9.17, 15) is 4.79 Å². The summed E-state index contributed by atoms with van der Waals surface area (Å²) in [4.78, 5) is 15.5. The van der Waals surface area contributed by atoms with E-state index in [4.69, 9.17) is 5.73 Å². The van der Waals surface area contributed by atoms with E-state index in [1.807, 2.05) is 12.1 Å². The highest BCUT2D eigenvalue weighted by molar-refractivity contribution is 5.81. The normalized spacial score (nSPS) is 12.1. The van der Waals surface area contributed by atoms with Gasteiger partial charge in [-0.2, -0.15) is 0 Å². The zero-order valence-electron chi connectivity index (χ0n) is 9.65. The summed E-state index contributed by atoms with van der Waals surface area (Å²) in [6.45, 7) is 2.58. The molecular formula is C12H19N3O. The molecule has 1 aromatic rings. The van der Waals surface area contributed by atoms with E-state index in [1.54, 1.807) is 12.4 Å². The van der Waals surface area contributed by atoms with E-state index in [2.05, 4.69) is 17.2 Å². The van der Waals surface area contributed by atoms with E-state index in [1.165, 1.54) is 0 Å². The van der Waals surface area contributed by atoms with Gasteiger partial charge < -0.3 is 11.1 Å². The summed E-state index contributed by atoms with van der Waals surface area (Å²) in [7, 11) is 0. The van der Waals surface area contributed by atoms with Gasteiger partial charge in [0.05, 0.1) is 6.04 Å². The molecule has 1 atom stereocenters. The molecule has 16 heavy (non-hydrogen) atoms. The van der Waals surface area contributed by atoms with Crippen molar-refractivity contribution in [3.8, 4) is 0 Å². The largest absolute Gasteiger partial charge is 0.351 e. The van der Waals surface area contributed by atoms with Crippen LogP contribution in [0.5, 0.6) is 0 Å². The van der Waals surface area contributed by atoms with Crippen LogP contribution in [0.4, 0.5) is 0 Å². The van der Waals surface area contributed by atoms with Crippen molar-refractivity contribution < 1.29 is 4.79 Å². The first-order valence-electron chi connectivity index (χ1n) is 5.66. The van der Waals surface area contributed by atoms with E-state index < -0.39 is 6.04 Å². The molecule has 0 radical (unpaired) electrons. The molecular weight excluding hydrogens is 202 g/mol. The van der Waals surface area contributed by atoms with E-state index >= 15 is 0 Å². The fraction of sp³-hybridized carbons (Fsp3) is 0.500. The third-order valence-electron chi connectivity index (χ3n) is 2.39. The molecule has 0 spiro atoms. The Kier molecular flexibility index (Phi) is 5.50. The number of aromatic nitrogens is 1.